The fraction of sp³-hybridized carbons (Fsp3) is 0. The maximum Gasteiger partial charge on any atom is 0.271 e. The van der Waals surface area contributed by atoms with Crippen LogP contribution in [0.2, 0.25) is 0 Å². The van der Waals surface area contributed by atoms with Crippen LogP contribution in [0.5, 0.6) is 11.6 Å². The lowest BCUT2D eigenvalue weighted by Gasteiger charge is -2.09. The lowest BCUT2D eigenvalue weighted by molar-refractivity contribution is -0.385. The first kappa shape index (κ1) is 15.3. The molecule has 0 bridgehead atoms. The minimum atomic E-state index is -0.513. The van der Waals surface area contributed by atoms with E-state index in [2.05, 4.69) is 41.8 Å². The summed E-state index contributed by atoms with van der Waals surface area (Å²) in [5, 5.41) is 18.0. The second-order valence-electron chi connectivity index (χ2n) is 3.75. The molecule has 0 aliphatic carbocycles. The molecule has 0 fully saturated rings. The number of ether oxygens (including phenoxy) is 1. The smallest absolute Gasteiger partial charge is 0.271 e. The van der Waals surface area contributed by atoms with Crippen molar-refractivity contribution < 1.29 is 9.66 Å². The number of aromatic nitrogens is 2. The number of hydrogen-bond acceptors (Lipinski definition) is 6. The van der Waals surface area contributed by atoms with Crippen molar-refractivity contribution in [2.75, 3.05) is 0 Å². The van der Waals surface area contributed by atoms with Gasteiger partial charge in [0.15, 0.2) is 5.75 Å². The van der Waals surface area contributed by atoms with Crippen LogP contribution in [0.1, 0.15) is 5.69 Å². The van der Waals surface area contributed by atoms with Gasteiger partial charge in [-0.25, -0.2) is 9.97 Å². The van der Waals surface area contributed by atoms with Crippen LogP contribution in [0.3, 0.4) is 0 Å². The Hall–Kier alpha value is -2.07. The predicted octanol–water partition coefficient (Wildman–Crippen LogP) is 2.99. The summed E-state index contributed by atoms with van der Waals surface area (Å²) in [4.78, 5) is 18.1. The molecule has 0 aliphatic heterocycles. The Balaban J connectivity index is 2.31. The zero-order chi connectivity index (χ0) is 15.6. The molecule has 0 aliphatic rings. The molecule has 0 unspecified atom stereocenters. The molecular formula is C11H7Br2N5O3. The number of nitro groups is 1. The van der Waals surface area contributed by atoms with Gasteiger partial charge in [0.25, 0.3) is 5.69 Å². The molecule has 0 radical (unpaired) electrons. The van der Waals surface area contributed by atoms with Crippen molar-refractivity contribution in [2.45, 2.75) is 0 Å². The number of hydrogen-bond donors (Lipinski definition) is 2. The molecule has 3 N–H and O–H groups in total. The Labute approximate surface area is 135 Å². The van der Waals surface area contributed by atoms with Gasteiger partial charge in [-0.2, -0.15) is 0 Å². The molecule has 10 heteroatoms. The van der Waals surface area contributed by atoms with E-state index in [4.69, 9.17) is 15.9 Å². The molecule has 8 nitrogen and oxygen atoms in total. The van der Waals surface area contributed by atoms with E-state index in [0.29, 0.717) is 14.7 Å². The van der Waals surface area contributed by atoms with Crippen LogP contribution in [0.15, 0.2) is 33.5 Å². The van der Waals surface area contributed by atoms with Crippen molar-refractivity contribution in [1.82, 2.24) is 9.97 Å². The first-order valence-electron chi connectivity index (χ1n) is 5.36. The Kier molecular flexibility index (Phi) is 4.48. The summed E-state index contributed by atoms with van der Waals surface area (Å²) in [6.07, 6.45) is 2.60. The minimum Gasteiger partial charge on any atom is -0.435 e. The van der Waals surface area contributed by atoms with E-state index >= 15 is 0 Å². The monoisotopic (exact) mass is 415 g/mol. The van der Waals surface area contributed by atoms with E-state index in [1.165, 1.54) is 24.5 Å². The van der Waals surface area contributed by atoms with Gasteiger partial charge in [-0.3, -0.25) is 15.5 Å². The highest BCUT2D eigenvalue weighted by Gasteiger charge is 2.16. The molecule has 0 atom stereocenters. The fourth-order valence-electron chi connectivity index (χ4n) is 1.36. The number of rotatable bonds is 4. The van der Waals surface area contributed by atoms with Crippen molar-refractivity contribution in [3.63, 3.8) is 0 Å². The van der Waals surface area contributed by atoms with Crippen LogP contribution < -0.4 is 10.5 Å². The van der Waals surface area contributed by atoms with Gasteiger partial charge in [0.1, 0.15) is 11.5 Å². The van der Waals surface area contributed by atoms with Gasteiger partial charge in [0, 0.05) is 12.1 Å². The lowest BCUT2D eigenvalue weighted by atomic mass is 10.3. The summed E-state index contributed by atoms with van der Waals surface area (Å²) in [6.45, 7) is 0. The largest absolute Gasteiger partial charge is 0.435 e. The van der Waals surface area contributed by atoms with E-state index in [9.17, 15) is 10.1 Å². The number of nitrogens with two attached hydrogens (primary N) is 1. The lowest BCUT2D eigenvalue weighted by Crippen LogP contribution is -2.13. The molecule has 2 rings (SSSR count). The van der Waals surface area contributed by atoms with E-state index < -0.39 is 4.92 Å². The van der Waals surface area contributed by atoms with E-state index in [0.717, 1.165) is 0 Å². The standard InChI is InChI=1S/C11H7Br2N5O3/c12-6-1-5(18(19)20)2-7(13)10(6)21-9-4-16-8(3-17-9)11(14)15/h1-4H,(H3,14,15). The third kappa shape index (κ3) is 3.52. The van der Waals surface area contributed by atoms with Gasteiger partial charge in [-0.15, -0.1) is 0 Å². The summed E-state index contributed by atoms with van der Waals surface area (Å²) < 4.78 is 6.29. The van der Waals surface area contributed by atoms with Crippen molar-refractivity contribution in [3.8, 4) is 11.6 Å². The van der Waals surface area contributed by atoms with Crippen molar-refractivity contribution in [1.29, 1.82) is 5.41 Å². The molecule has 1 aromatic carbocycles. The normalized spacial score (nSPS) is 10.2. The third-order valence-electron chi connectivity index (χ3n) is 2.30. The number of amidine groups is 1. The molecular weight excluding hydrogens is 410 g/mol. The van der Waals surface area contributed by atoms with Gasteiger partial charge in [-0.1, -0.05) is 0 Å². The number of nitrogens with one attached hydrogen (secondary N) is 1. The second-order valence-corrected chi connectivity index (χ2v) is 5.46. The second kappa shape index (κ2) is 6.14. The zero-order valence-electron chi connectivity index (χ0n) is 10.2. The number of non-ortho nitro benzene ring substituents is 1. The number of nitrogens with zero attached hydrogens (tertiary/aromatic N) is 3. The van der Waals surface area contributed by atoms with Gasteiger partial charge in [0.05, 0.1) is 26.3 Å². The quantitative estimate of drug-likeness (QED) is 0.341. The molecule has 1 heterocycles. The maximum absolute atomic E-state index is 10.7. The number of benzene rings is 1. The van der Waals surface area contributed by atoms with E-state index in [1.54, 1.807) is 0 Å². The number of nitro benzene ring substituents is 1. The van der Waals surface area contributed by atoms with Gasteiger partial charge in [-0.05, 0) is 31.9 Å². The van der Waals surface area contributed by atoms with Crippen molar-refractivity contribution in [2.24, 2.45) is 5.73 Å². The first-order valence-corrected chi connectivity index (χ1v) is 6.95. The summed E-state index contributed by atoms with van der Waals surface area (Å²) in [5.74, 6) is 0.285. The Morgan fingerprint density at radius 2 is 1.90 bits per heavy atom. The highest BCUT2D eigenvalue weighted by molar-refractivity contribution is 9.11. The van der Waals surface area contributed by atoms with Crippen LogP contribution in [-0.4, -0.2) is 20.7 Å². The van der Waals surface area contributed by atoms with Crippen LogP contribution in [0.25, 0.3) is 0 Å². The summed E-state index contributed by atoms with van der Waals surface area (Å²) in [7, 11) is 0. The third-order valence-corrected chi connectivity index (χ3v) is 3.48. The topological polar surface area (TPSA) is 128 Å². The molecule has 0 amide bonds. The van der Waals surface area contributed by atoms with Gasteiger partial charge >= 0.3 is 0 Å². The van der Waals surface area contributed by atoms with Crippen molar-refractivity contribution >= 4 is 43.4 Å². The summed E-state index contributed by atoms with van der Waals surface area (Å²) >= 11 is 6.40. The molecule has 21 heavy (non-hydrogen) atoms. The minimum absolute atomic E-state index is 0.0842. The first-order chi connectivity index (χ1) is 9.88. The molecule has 2 aromatic rings. The molecule has 1 aromatic heterocycles. The van der Waals surface area contributed by atoms with Crippen LogP contribution in [0.4, 0.5) is 5.69 Å². The van der Waals surface area contributed by atoms with E-state index in [1.807, 2.05) is 0 Å². The zero-order valence-corrected chi connectivity index (χ0v) is 13.4. The Bertz CT molecular complexity index is 697. The molecule has 0 spiro atoms. The SMILES string of the molecule is N=C(N)c1cnc(Oc2c(Br)cc([N+](=O)[O-])cc2Br)cn1. The van der Waals surface area contributed by atoms with Crippen LogP contribution in [-0.2, 0) is 0 Å². The Morgan fingerprint density at radius 1 is 1.29 bits per heavy atom. The average Bonchev–Trinajstić information content (AvgIpc) is 2.43. The summed E-state index contributed by atoms with van der Waals surface area (Å²) in [6, 6.07) is 2.63. The molecule has 0 saturated heterocycles. The highest BCUT2D eigenvalue weighted by Crippen LogP contribution is 2.39. The van der Waals surface area contributed by atoms with Gasteiger partial charge < -0.3 is 10.5 Å². The summed E-state index contributed by atoms with van der Waals surface area (Å²) in [5.41, 5.74) is 5.41. The van der Waals surface area contributed by atoms with Crippen LogP contribution in [0, 0.1) is 15.5 Å². The fourth-order valence-corrected chi connectivity index (χ4v) is 2.69. The highest BCUT2D eigenvalue weighted by atomic mass is 79.9. The molecule has 108 valence electrons. The van der Waals surface area contributed by atoms with Crippen LogP contribution >= 0.6 is 31.9 Å². The van der Waals surface area contributed by atoms with Gasteiger partial charge in [0.2, 0.25) is 5.88 Å². The van der Waals surface area contributed by atoms with Crippen molar-refractivity contribution in [3.05, 3.63) is 49.3 Å². The maximum atomic E-state index is 10.7. The Morgan fingerprint density at radius 3 is 2.33 bits per heavy atom. The molecule has 0 saturated carbocycles. The number of halogens is 2. The predicted molar refractivity (Wildman–Crippen MR) is 81.6 cm³/mol. The van der Waals surface area contributed by atoms with E-state index in [-0.39, 0.29) is 23.1 Å². The number of nitrogen functional groups attached to an aromatic ring is 1. The average molecular weight is 417 g/mol.